The van der Waals surface area contributed by atoms with Gasteiger partial charge < -0.3 is 20.5 Å². The molecule has 0 radical (unpaired) electrons. The molecule has 0 aromatic rings. The first-order valence-corrected chi connectivity index (χ1v) is 5.03. The van der Waals surface area contributed by atoms with Crippen LogP contribution in [0.4, 0.5) is 0 Å². The molecule has 0 spiro atoms. The Labute approximate surface area is 83.8 Å². The van der Waals surface area contributed by atoms with Crippen LogP contribution in [0.15, 0.2) is 0 Å². The molecule has 1 rings (SSSR count). The van der Waals surface area contributed by atoms with Crippen molar-refractivity contribution in [1.82, 2.24) is 10.6 Å². The van der Waals surface area contributed by atoms with Gasteiger partial charge in [0.05, 0.1) is 12.7 Å². The van der Waals surface area contributed by atoms with Gasteiger partial charge >= 0.3 is 0 Å². The van der Waals surface area contributed by atoms with Crippen molar-refractivity contribution in [2.45, 2.75) is 18.9 Å². The summed E-state index contributed by atoms with van der Waals surface area (Å²) in [6.07, 6.45) is 2.14. The van der Waals surface area contributed by atoms with E-state index in [4.69, 9.17) is 9.84 Å². The number of carbonyl (C=O) groups is 1. The molecule has 3 N–H and O–H groups in total. The van der Waals surface area contributed by atoms with E-state index in [-0.39, 0.29) is 25.2 Å². The van der Waals surface area contributed by atoms with Crippen molar-refractivity contribution in [3.8, 4) is 0 Å². The summed E-state index contributed by atoms with van der Waals surface area (Å²) in [5.74, 6) is -0.155. The van der Waals surface area contributed by atoms with Crippen molar-refractivity contribution < 1.29 is 14.6 Å². The highest BCUT2D eigenvalue weighted by molar-refractivity contribution is 5.77. The van der Waals surface area contributed by atoms with Crippen LogP contribution in [0.25, 0.3) is 0 Å². The molecule has 0 unspecified atom stereocenters. The molecule has 0 aromatic heterocycles. The van der Waals surface area contributed by atoms with Crippen LogP contribution in [-0.2, 0) is 9.53 Å². The van der Waals surface area contributed by atoms with Gasteiger partial charge in [-0.1, -0.05) is 0 Å². The molecule has 1 aliphatic heterocycles. The third-order valence-corrected chi connectivity index (χ3v) is 2.17. The lowest BCUT2D eigenvalue weighted by Gasteiger charge is -2.22. The van der Waals surface area contributed by atoms with Crippen LogP contribution in [0.3, 0.4) is 0 Å². The smallest absolute Gasteiger partial charge is 0.246 e. The molecule has 1 saturated heterocycles. The Morgan fingerprint density at radius 2 is 2.21 bits per heavy atom. The van der Waals surface area contributed by atoms with Crippen LogP contribution in [0, 0.1) is 0 Å². The van der Waals surface area contributed by atoms with Crippen LogP contribution in [0.2, 0.25) is 0 Å². The maximum absolute atomic E-state index is 11.1. The van der Waals surface area contributed by atoms with Crippen LogP contribution < -0.4 is 10.6 Å². The summed E-state index contributed by atoms with van der Waals surface area (Å²) >= 11 is 0. The summed E-state index contributed by atoms with van der Waals surface area (Å²) in [7, 11) is 0. The number of rotatable bonds is 5. The fourth-order valence-corrected chi connectivity index (χ4v) is 1.40. The predicted octanol–water partition coefficient (Wildman–Crippen LogP) is -1.14. The lowest BCUT2D eigenvalue weighted by atomic mass is 10.1. The van der Waals surface area contributed by atoms with Gasteiger partial charge in [-0.05, 0) is 25.9 Å². The number of ether oxygens (including phenoxy) is 1. The largest absolute Gasteiger partial charge is 0.395 e. The Bertz CT molecular complexity index is 169. The quantitative estimate of drug-likeness (QED) is 0.527. The number of hydrogen-bond donors (Lipinski definition) is 3. The molecule has 0 aromatic carbocycles. The van der Waals surface area contributed by atoms with Gasteiger partial charge in [0.2, 0.25) is 5.91 Å². The topological polar surface area (TPSA) is 70.6 Å². The van der Waals surface area contributed by atoms with Crippen molar-refractivity contribution in [3.63, 3.8) is 0 Å². The highest BCUT2D eigenvalue weighted by Gasteiger charge is 2.14. The zero-order valence-corrected chi connectivity index (χ0v) is 8.29. The van der Waals surface area contributed by atoms with E-state index in [9.17, 15) is 4.79 Å². The average Bonchev–Trinajstić information content (AvgIpc) is 2.25. The molecule has 82 valence electrons. The van der Waals surface area contributed by atoms with Gasteiger partial charge in [-0.25, -0.2) is 0 Å². The van der Waals surface area contributed by atoms with Gasteiger partial charge in [-0.2, -0.15) is 0 Å². The molecule has 1 heterocycles. The second-order valence-corrected chi connectivity index (χ2v) is 3.33. The molecule has 0 bridgehead atoms. The Morgan fingerprint density at radius 3 is 2.86 bits per heavy atom. The molecule has 0 aliphatic carbocycles. The first-order chi connectivity index (χ1) is 6.83. The molecule has 1 amide bonds. The summed E-state index contributed by atoms with van der Waals surface area (Å²) < 4.78 is 5.41. The number of carbonyl (C=O) groups excluding carboxylic acids is 1. The van der Waals surface area contributed by atoms with Crippen molar-refractivity contribution in [3.05, 3.63) is 0 Å². The number of nitrogens with one attached hydrogen (secondary N) is 2. The van der Waals surface area contributed by atoms with Crippen LogP contribution in [0.5, 0.6) is 0 Å². The Kier molecular flexibility index (Phi) is 5.51. The molecule has 1 fully saturated rings. The predicted molar refractivity (Wildman–Crippen MR) is 51.9 cm³/mol. The first kappa shape index (κ1) is 11.4. The summed E-state index contributed by atoms with van der Waals surface area (Å²) in [4.78, 5) is 11.1. The molecule has 1 aliphatic rings. The number of aliphatic hydroxyl groups is 1. The van der Waals surface area contributed by atoms with E-state index >= 15 is 0 Å². The highest BCUT2D eigenvalue weighted by Crippen LogP contribution is 2.06. The first-order valence-electron chi connectivity index (χ1n) is 5.03. The number of piperidine rings is 1. The number of amides is 1. The third kappa shape index (κ3) is 4.55. The lowest BCUT2D eigenvalue weighted by Crippen LogP contribution is -2.36. The van der Waals surface area contributed by atoms with Crippen LogP contribution in [-0.4, -0.2) is 50.0 Å². The van der Waals surface area contributed by atoms with E-state index in [0.717, 1.165) is 25.9 Å². The minimum atomic E-state index is -0.155. The zero-order valence-electron chi connectivity index (χ0n) is 8.29. The van der Waals surface area contributed by atoms with E-state index < -0.39 is 0 Å². The number of hydrogen-bond acceptors (Lipinski definition) is 4. The van der Waals surface area contributed by atoms with Gasteiger partial charge in [0.15, 0.2) is 0 Å². The lowest BCUT2D eigenvalue weighted by molar-refractivity contribution is -0.128. The monoisotopic (exact) mass is 202 g/mol. The van der Waals surface area contributed by atoms with Crippen molar-refractivity contribution in [2.24, 2.45) is 0 Å². The van der Waals surface area contributed by atoms with E-state index in [2.05, 4.69) is 10.6 Å². The Hall–Kier alpha value is -0.650. The Morgan fingerprint density at radius 1 is 1.50 bits per heavy atom. The molecule has 5 heteroatoms. The van der Waals surface area contributed by atoms with E-state index in [0.29, 0.717) is 6.54 Å². The SMILES string of the molecule is O=C(COC1CCNCC1)NCCO. The van der Waals surface area contributed by atoms with E-state index in [1.165, 1.54) is 0 Å². The maximum atomic E-state index is 11.1. The summed E-state index contributed by atoms with van der Waals surface area (Å²) in [6, 6.07) is 0. The normalized spacial score (nSPS) is 18.1. The third-order valence-electron chi connectivity index (χ3n) is 2.17. The van der Waals surface area contributed by atoms with Gasteiger partial charge in [-0.15, -0.1) is 0 Å². The summed E-state index contributed by atoms with van der Waals surface area (Å²) in [6.45, 7) is 2.30. The van der Waals surface area contributed by atoms with Gasteiger partial charge in [-0.3, -0.25) is 4.79 Å². The van der Waals surface area contributed by atoms with Crippen LogP contribution in [0.1, 0.15) is 12.8 Å². The molecular weight excluding hydrogens is 184 g/mol. The molecule has 14 heavy (non-hydrogen) atoms. The molecule has 0 atom stereocenters. The Balaban J connectivity index is 2.03. The summed E-state index contributed by atoms with van der Waals surface area (Å²) in [5, 5.41) is 14.2. The van der Waals surface area contributed by atoms with Gasteiger partial charge in [0.25, 0.3) is 0 Å². The molecule has 5 nitrogen and oxygen atoms in total. The zero-order chi connectivity index (χ0) is 10.2. The van der Waals surface area contributed by atoms with Gasteiger partial charge in [0, 0.05) is 6.54 Å². The minimum absolute atomic E-state index is 0.0287. The van der Waals surface area contributed by atoms with Crippen molar-refractivity contribution >= 4 is 5.91 Å². The standard InChI is InChI=1S/C9H18N2O3/c12-6-5-11-9(13)7-14-8-1-3-10-4-2-8/h8,10,12H,1-7H2,(H,11,13). The van der Waals surface area contributed by atoms with Gasteiger partial charge in [0.1, 0.15) is 6.61 Å². The second kappa shape index (κ2) is 6.75. The van der Waals surface area contributed by atoms with E-state index in [1.807, 2.05) is 0 Å². The maximum Gasteiger partial charge on any atom is 0.246 e. The molecule has 0 saturated carbocycles. The van der Waals surface area contributed by atoms with E-state index in [1.54, 1.807) is 0 Å². The fraction of sp³-hybridized carbons (Fsp3) is 0.889. The summed E-state index contributed by atoms with van der Waals surface area (Å²) in [5.41, 5.74) is 0. The van der Waals surface area contributed by atoms with Crippen LogP contribution >= 0.6 is 0 Å². The van der Waals surface area contributed by atoms with Crippen molar-refractivity contribution in [2.75, 3.05) is 32.8 Å². The van der Waals surface area contributed by atoms with Crippen molar-refractivity contribution in [1.29, 1.82) is 0 Å². The fourth-order valence-electron chi connectivity index (χ4n) is 1.40. The average molecular weight is 202 g/mol. The second-order valence-electron chi connectivity index (χ2n) is 3.33. The molecular formula is C9H18N2O3. The highest BCUT2D eigenvalue weighted by atomic mass is 16.5. The number of aliphatic hydroxyl groups excluding tert-OH is 1. The minimum Gasteiger partial charge on any atom is -0.395 e.